The van der Waals surface area contributed by atoms with Crippen LogP contribution in [0.3, 0.4) is 0 Å². The maximum atomic E-state index is 6.06. The summed E-state index contributed by atoms with van der Waals surface area (Å²) in [6.07, 6.45) is 0. The van der Waals surface area contributed by atoms with Crippen molar-refractivity contribution in [2.45, 2.75) is 30.2 Å². The lowest BCUT2D eigenvalue weighted by molar-refractivity contribution is 0.550. The van der Waals surface area contributed by atoms with Crippen LogP contribution in [0, 0.1) is 5.92 Å². The van der Waals surface area contributed by atoms with Crippen LogP contribution in [0.1, 0.15) is 19.4 Å². The highest BCUT2D eigenvalue weighted by Gasteiger charge is 2.06. The van der Waals surface area contributed by atoms with E-state index in [0.717, 1.165) is 27.5 Å². The fourth-order valence-electron chi connectivity index (χ4n) is 1.94. The molecule has 0 aliphatic rings. The molecule has 0 bridgehead atoms. The van der Waals surface area contributed by atoms with Crippen LogP contribution in [0.25, 0.3) is 0 Å². The minimum Gasteiger partial charge on any atom is -0.312 e. The Balaban J connectivity index is 2.14. The molecule has 112 valence electrons. The van der Waals surface area contributed by atoms with E-state index in [1.165, 1.54) is 10.5 Å². The number of hydrogen-bond donors (Lipinski definition) is 1. The standard InChI is InChI=1S/C17H19BrClNS/c1-12(2)10-20-11-13-8-14(18)6-7-17(13)21-16-5-3-4-15(19)9-16/h3-9,12,20H,10-11H2,1-2H3. The Kier molecular flexibility index (Phi) is 6.62. The molecule has 0 unspecified atom stereocenters. The van der Waals surface area contributed by atoms with Crippen LogP contribution < -0.4 is 5.32 Å². The van der Waals surface area contributed by atoms with Crippen molar-refractivity contribution >= 4 is 39.3 Å². The summed E-state index contributed by atoms with van der Waals surface area (Å²) < 4.78 is 1.11. The molecular weight excluding hydrogens is 366 g/mol. The first kappa shape index (κ1) is 16.9. The Morgan fingerprint density at radius 1 is 1.19 bits per heavy atom. The van der Waals surface area contributed by atoms with Gasteiger partial charge >= 0.3 is 0 Å². The predicted octanol–water partition coefficient (Wildman–Crippen LogP) is 6.00. The van der Waals surface area contributed by atoms with E-state index in [-0.39, 0.29) is 0 Å². The van der Waals surface area contributed by atoms with Gasteiger partial charge in [0.05, 0.1) is 0 Å². The number of benzene rings is 2. The molecular formula is C17H19BrClNS. The molecule has 0 heterocycles. The number of halogens is 2. The van der Waals surface area contributed by atoms with Crippen LogP contribution in [0.5, 0.6) is 0 Å². The van der Waals surface area contributed by atoms with Gasteiger partial charge in [-0.1, -0.05) is 59.2 Å². The fourth-order valence-corrected chi connectivity index (χ4v) is 3.59. The van der Waals surface area contributed by atoms with Crippen LogP contribution in [-0.4, -0.2) is 6.54 Å². The summed E-state index contributed by atoms with van der Waals surface area (Å²) in [6.45, 7) is 6.33. The van der Waals surface area contributed by atoms with E-state index >= 15 is 0 Å². The summed E-state index contributed by atoms with van der Waals surface area (Å²) in [5, 5.41) is 4.28. The van der Waals surface area contributed by atoms with E-state index in [1.807, 2.05) is 18.2 Å². The van der Waals surface area contributed by atoms with Crippen molar-refractivity contribution in [2.75, 3.05) is 6.54 Å². The van der Waals surface area contributed by atoms with E-state index < -0.39 is 0 Å². The third-order valence-electron chi connectivity index (χ3n) is 2.91. The maximum Gasteiger partial charge on any atom is 0.0417 e. The Morgan fingerprint density at radius 3 is 2.71 bits per heavy atom. The first-order chi connectivity index (χ1) is 10.0. The van der Waals surface area contributed by atoms with Crippen molar-refractivity contribution in [1.29, 1.82) is 0 Å². The summed E-state index contributed by atoms with van der Waals surface area (Å²) in [4.78, 5) is 2.42. The molecule has 4 heteroatoms. The van der Waals surface area contributed by atoms with Gasteiger partial charge < -0.3 is 5.32 Å². The average molecular weight is 385 g/mol. The van der Waals surface area contributed by atoms with Crippen molar-refractivity contribution in [2.24, 2.45) is 5.92 Å². The topological polar surface area (TPSA) is 12.0 Å². The van der Waals surface area contributed by atoms with Gasteiger partial charge in [0.1, 0.15) is 0 Å². The summed E-state index contributed by atoms with van der Waals surface area (Å²) in [6, 6.07) is 14.4. The molecule has 0 radical (unpaired) electrons. The average Bonchev–Trinajstić information content (AvgIpc) is 2.41. The fraction of sp³-hybridized carbons (Fsp3) is 0.294. The Labute approximate surface area is 144 Å². The van der Waals surface area contributed by atoms with Gasteiger partial charge in [-0.05, 0) is 54.4 Å². The second kappa shape index (κ2) is 8.23. The van der Waals surface area contributed by atoms with Crippen LogP contribution >= 0.6 is 39.3 Å². The third-order valence-corrected chi connectivity index (χ3v) is 4.75. The van der Waals surface area contributed by atoms with Gasteiger partial charge in [0.25, 0.3) is 0 Å². The first-order valence-corrected chi connectivity index (χ1v) is 8.96. The highest BCUT2D eigenvalue weighted by atomic mass is 79.9. The highest BCUT2D eigenvalue weighted by Crippen LogP contribution is 2.33. The van der Waals surface area contributed by atoms with Crippen molar-refractivity contribution in [3.63, 3.8) is 0 Å². The number of nitrogens with one attached hydrogen (secondary N) is 1. The van der Waals surface area contributed by atoms with E-state index in [4.69, 9.17) is 11.6 Å². The molecule has 0 aliphatic heterocycles. The summed E-state index contributed by atoms with van der Waals surface area (Å²) >= 11 is 11.4. The van der Waals surface area contributed by atoms with Gasteiger partial charge in [-0.25, -0.2) is 0 Å². The van der Waals surface area contributed by atoms with E-state index in [0.29, 0.717) is 5.92 Å². The first-order valence-electron chi connectivity index (χ1n) is 6.97. The van der Waals surface area contributed by atoms with Crippen molar-refractivity contribution < 1.29 is 0 Å². The largest absolute Gasteiger partial charge is 0.312 e. The molecule has 0 aliphatic carbocycles. The Hall–Kier alpha value is -0.480. The lowest BCUT2D eigenvalue weighted by atomic mass is 10.2. The molecule has 0 aromatic heterocycles. The number of rotatable bonds is 6. The normalized spacial score (nSPS) is 11.1. The molecule has 0 atom stereocenters. The van der Waals surface area contributed by atoms with E-state index in [2.05, 4.69) is 59.4 Å². The second-order valence-electron chi connectivity index (χ2n) is 5.34. The van der Waals surface area contributed by atoms with Crippen molar-refractivity contribution in [3.8, 4) is 0 Å². The van der Waals surface area contributed by atoms with Gasteiger partial charge in [-0.2, -0.15) is 0 Å². The minimum absolute atomic E-state index is 0.654. The van der Waals surface area contributed by atoms with Crippen molar-refractivity contribution in [3.05, 3.63) is 57.5 Å². The monoisotopic (exact) mass is 383 g/mol. The van der Waals surface area contributed by atoms with E-state index in [1.54, 1.807) is 11.8 Å². The lowest BCUT2D eigenvalue weighted by Crippen LogP contribution is -2.19. The lowest BCUT2D eigenvalue weighted by Gasteiger charge is -2.12. The molecule has 0 amide bonds. The van der Waals surface area contributed by atoms with Crippen LogP contribution in [-0.2, 0) is 6.54 Å². The molecule has 2 aromatic carbocycles. The zero-order valence-electron chi connectivity index (χ0n) is 12.2. The summed E-state index contributed by atoms with van der Waals surface area (Å²) in [5.74, 6) is 0.654. The van der Waals surface area contributed by atoms with Crippen LogP contribution in [0.4, 0.5) is 0 Å². The highest BCUT2D eigenvalue weighted by molar-refractivity contribution is 9.10. The van der Waals surface area contributed by atoms with Gasteiger partial charge in [0.15, 0.2) is 0 Å². The zero-order chi connectivity index (χ0) is 15.2. The maximum absolute atomic E-state index is 6.06. The van der Waals surface area contributed by atoms with Gasteiger partial charge in [0, 0.05) is 25.8 Å². The van der Waals surface area contributed by atoms with Gasteiger partial charge in [0.2, 0.25) is 0 Å². The molecule has 0 saturated heterocycles. The van der Waals surface area contributed by atoms with Crippen LogP contribution in [0.2, 0.25) is 5.02 Å². The number of hydrogen-bond acceptors (Lipinski definition) is 2. The smallest absolute Gasteiger partial charge is 0.0417 e. The quantitative estimate of drug-likeness (QED) is 0.655. The SMILES string of the molecule is CC(C)CNCc1cc(Br)ccc1Sc1cccc(Cl)c1. The third kappa shape index (κ3) is 5.67. The minimum atomic E-state index is 0.654. The van der Waals surface area contributed by atoms with Gasteiger partial charge in [-0.15, -0.1) is 0 Å². The molecule has 1 nitrogen and oxygen atoms in total. The van der Waals surface area contributed by atoms with Crippen molar-refractivity contribution in [1.82, 2.24) is 5.32 Å². The summed E-state index contributed by atoms with van der Waals surface area (Å²) in [7, 11) is 0. The van der Waals surface area contributed by atoms with Crippen LogP contribution in [0.15, 0.2) is 56.7 Å². The Morgan fingerprint density at radius 2 is 2.00 bits per heavy atom. The molecule has 1 N–H and O–H groups in total. The Bertz CT molecular complexity index is 601. The molecule has 21 heavy (non-hydrogen) atoms. The molecule has 0 spiro atoms. The summed E-state index contributed by atoms with van der Waals surface area (Å²) in [5.41, 5.74) is 1.30. The zero-order valence-corrected chi connectivity index (χ0v) is 15.4. The second-order valence-corrected chi connectivity index (χ2v) is 7.80. The molecule has 2 aromatic rings. The van der Waals surface area contributed by atoms with Gasteiger partial charge in [-0.3, -0.25) is 0 Å². The predicted molar refractivity (Wildman–Crippen MR) is 96.3 cm³/mol. The molecule has 0 saturated carbocycles. The molecule has 2 rings (SSSR count). The van der Waals surface area contributed by atoms with E-state index in [9.17, 15) is 0 Å². The molecule has 0 fully saturated rings.